The number of hydrogen-bond donors (Lipinski definition) is 2. The van der Waals surface area contributed by atoms with Crippen LogP contribution in [-0.2, 0) is 9.53 Å². The lowest BCUT2D eigenvalue weighted by molar-refractivity contribution is -0.114. The van der Waals surface area contributed by atoms with Gasteiger partial charge in [-0.25, -0.2) is 9.97 Å². The molecule has 0 atom stereocenters. The lowest BCUT2D eigenvalue weighted by Crippen LogP contribution is -2.40. The molecule has 8 nitrogen and oxygen atoms in total. The Kier molecular flexibility index (Phi) is 5.20. The van der Waals surface area contributed by atoms with E-state index >= 15 is 0 Å². The quantitative estimate of drug-likeness (QED) is 0.878. The lowest BCUT2D eigenvalue weighted by atomic mass is 10.2. The van der Waals surface area contributed by atoms with Crippen molar-refractivity contribution in [1.82, 2.24) is 14.9 Å². The van der Waals surface area contributed by atoms with Crippen LogP contribution in [0.25, 0.3) is 0 Å². The molecule has 8 heteroatoms. The number of anilines is 3. The third kappa shape index (κ3) is 4.51. The number of ether oxygens (including phenoxy) is 1. The zero-order chi connectivity index (χ0) is 17.6. The van der Waals surface area contributed by atoms with Crippen LogP contribution < -0.4 is 10.6 Å². The molecule has 0 unspecified atom stereocenters. The summed E-state index contributed by atoms with van der Waals surface area (Å²) in [5.41, 5.74) is 1.86. The molecule has 0 saturated carbocycles. The Labute approximate surface area is 145 Å². The molecule has 0 aliphatic carbocycles. The van der Waals surface area contributed by atoms with Crippen LogP contribution in [0.4, 0.5) is 17.3 Å². The van der Waals surface area contributed by atoms with Crippen molar-refractivity contribution < 1.29 is 14.3 Å². The van der Waals surface area contributed by atoms with Crippen LogP contribution >= 0.6 is 0 Å². The van der Waals surface area contributed by atoms with Crippen LogP contribution in [0.3, 0.4) is 0 Å². The van der Waals surface area contributed by atoms with Crippen LogP contribution in [-0.4, -0.2) is 53.0 Å². The predicted octanol–water partition coefficient (Wildman–Crippen LogP) is 1.65. The molecule has 1 aromatic heterocycles. The Bertz CT molecular complexity index is 757. The van der Waals surface area contributed by atoms with Gasteiger partial charge in [0, 0.05) is 43.8 Å². The Morgan fingerprint density at radius 2 is 1.80 bits per heavy atom. The van der Waals surface area contributed by atoms with Crippen LogP contribution in [0.2, 0.25) is 0 Å². The fourth-order valence-corrected chi connectivity index (χ4v) is 2.46. The van der Waals surface area contributed by atoms with E-state index in [1.54, 1.807) is 17.0 Å². The molecule has 0 spiro atoms. The van der Waals surface area contributed by atoms with Crippen molar-refractivity contribution in [2.45, 2.75) is 6.92 Å². The van der Waals surface area contributed by atoms with E-state index in [4.69, 9.17) is 4.74 Å². The summed E-state index contributed by atoms with van der Waals surface area (Å²) >= 11 is 0. The third-order valence-electron chi connectivity index (χ3n) is 3.64. The summed E-state index contributed by atoms with van der Waals surface area (Å²) in [6.45, 7) is 3.71. The van der Waals surface area contributed by atoms with Gasteiger partial charge in [0.15, 0.2) is 0 Å². The first-order chi connectivity index (χ1) is 12.1. The van der Waals surface area contributed by atoms with Crippen molar-refractivity contribution in [3.05, 3.63) is 42.2 Å². The van der Waals surface area contributed by atoms with Crippen molar-refractivity contribution in [2.24, 2.45) is 0 Å². The second kappa shape index (κ2) is 7.71. The molecule has 2 amide bonds. The first-order valence-electron chi connectivity index (χ1n) is 7.95. The summed E-state index contributed by atoms with van der Waals surface area (Å²) in [4.78, 5) is 33.6. The second-order valence-electron chi connectivity index (χ2n) is 5.59. The highest BCUT2D eigenvalue weighted by Crippen LogP contribution is 2.18. The summed E-state index contributed by atoms with van der Waals surface area (Å²) in [6, 6.07) is 7.21. The molecule has 1 saturated heterocycles. The Balaban J connectivity index is 1.66. The number of rotatable bonds is 4. The maximum atomic E-state index is 12.3. The number of nitrogens with one attached hydrogen (secondary N) is 2. The van der Waals surface area contributed by atoms with Gasteiger partial charge in [0.2, 0.25) is 11.9 Å². The molecule has 1 fully saturated rings. The molecule has 2 heterocycles. The van der Waals surface area contributed by atoms with Crippen LogP contribution in [0.15, 0.2) is 36.7 Å². The number of aromatic nitrogens is 2. The standard InChI is InChI=1S/C17H19N5O3/c1-12(23)20-14-3-2-4-15(9-14)21-17-18-10-13(11-19-17)16(24)22-5-7-25-8-6-22/h2-4,9-11H,5-8H2,1H3,(H,20,23)(H,18,19,21). The average molecular weight is 341 g/mol. The molecule has 130 valence electrons. The maximum absolute atomic E-state index is 12.3. The predicted molar refractivity (Wildman–Crippen MR) is 92.8 cm³/mol. The molecule has 0 bridgehead atoms. The largest absolute Gasteiger partial charge is 0.378 e. The lowest BCUT2D eigenvalue weighted by Gasteiger charge is -2.26. The normalized spacial score (nSPS) is 14.0. The van der Waals surface area contributed by atoms with E-state index in [0.29, 0.717) is 43.5 Å². The molecule has 3 rings (SSSR count). The summed E-state index contributed by atoms with van der Waals surface area (Å²) < 4.78 is 5.24. The van der Waals surface area contributed by atoms with E-state index < -0.39 is 0 Å². The number of carbonyl (C=O) groups is 2. The molecule has 0 radical (unpaired) electrons. The number of morpholine rings is 1. The summed E-state index contributed by atoms with van der Waals surface area (Å²) in [5, 5.41) is 5.76. The van der Waals surface area contributed by atoms with Crippen molar-refractivity contribution >= 4 is 29.1 Å². The van der Waals surface area contributed by atoms with Gasteiger partial charge in [0.1, 0.15) is 0 Å². The van der Waals surface area contributed by atoms with Crippen molar-refractivity contribution in [1.29, 1.82) is 0 Å². The molecule has 2 N–H and O–H groups in total. The van der Waals surface area contributed by atoms with Crippen molar-refractivity contribution in [2.75, 3.05) is 36.9 Å². The molecule has 2 aromatic rings. The van der Waals surface area contributed by atoms with Crippen molar-refractivity contribution in [3.8, 4) is 0 Å². The van der Waals surface area contributed by atoms with Gasteiger partial charge in [0.05, 0.1) is 18.8 Å². The minimum absolute atomic E-state index is 0.0949. The molecule has 25 heavy (non-hydrogen) atoms. The highest BCUT2D eigenvalue weighted by Gasteiger charge is 2.19. The van der Waals surface area contributed by atoms with E-state index in [2.05, 4.69) is 20.6 Å². The van der Waals surface area contributed by atoms with Gasteiger partial charge in [-0.15, -0.1) is 0 Å². The zero-order valence-electron chi connectivity index (χ0n) is 13.9. The zero-order valence-corrected chi connectivity index (χ0v) is 13.9. The van der Waals surface area contributed by atoms with Gasteiger partial charge < -0.3 is 20.3 Å². The summed E-state index contributed by atoms with van der Waals surface area (Å²) in [6.07, 6.45) is 3.01. The molecule has 1 aromatic carbocycles. The highest BCUT2D eigenvalue weighted by atomic mass is 16.5. The van der Waals surface area contributed by atoms with E-state index in [0.717, 1.165) is 5.69 Å². The van der Waals surface area contributed by atoms with Gasteiger partial charge >= 0.3 is 0 Å². The molecular weight excluding hydrogens is 322 g/mol. The van der Waals surface area contributed by atoms with Gasteiger partial charge in [-0.05, 0) is 18.2 Å². The number of benzene rings is 1. The van der Waals surface area contributed by atoms with Gasteiger partial charge in [-0.3, -0.25) is 9.59 Å². The smallest absolute Gasteiger partial charge is 0.257 e. The topological polar surface area (TPSA) is 96.5 Å². The maximum Gasteiger partial charge on any atom is 0.257 e. The van der Waals surface area contributed by atoms with E-state index in [1.807, 2.05) is 12.1 Å². The van der Waals surface area contributed by atoms with Crippen molar-refractivity contribution in [3.63, 3.8) is 0 Å². The van der Waals surface area contributed by atoms with Crippen LogP contribution in [0.1, 0.15) is 17.3 Å². The second-order valence-corrected chi connectivity index (χ2v) is 5.59. The fraction of sp³-hybridized carbons (Fsp3) is 0.294. The summed E-state index contributed by atoms with van der Waals surface area (Å²) in [5.74, 6) is 0.139. The SMILES string of the molecule is CC(=O)Nc1cccc(Nc2ncc(C(=O)N3CCOCC3)cn2)c1. The number of carbonyl (C=O) groups excluding carboxylic acids is 2. The number of nitrogens with zero attached hydrogens (tertiary/aromatic N) is 3. The fourth-order valence-electron chi connectivity index (χ4n) is 2.46. The van der Waals surface area contributed by atoms with E-state index in [-0.39, 0.29) is 11.8 Å². The summed E-state index contributed by atoms with van der Waals surface area (Å²) in [7, 11) is 0. The molecule has 1 aliphatic heterocycles. The molecular formula is C17H19N5O3. The van der Waals surface area contributed by atoms with Gasteiger partial charge in [0.25, 0.3) is 5.91 Å². The monoisotopic (exact) mass is 341 g/mol. The highest BCUT2D eigenvalue weighted by molar-refractivity contribution is 5.93. The Morgan fingerprint density at radius 3 is 2.48 bits per heavy atom. The van der Waals surface area contributed by atoms with Crippen LogP contribution in [0.5, 0.6) is 0 Å². The van der Waals surface area contributed by atoms with E-state index in [1.165, 1.54) is 19.3 Å². The van der Waals surface area contributed by atoms with Gasteiger partial charge in [-0.1, -0.05) is 6.07 Å². The Hall–Kier alpha value is -3.00. The number of amides is 2. The Morgan fingerprint density at radius 1 is 1.12 bits per heavy atom. The first kappa shape index (κ1) is 16.8. The minimum atomic E-state index is -0.139. The van der Waals surface area contributed by atoms with Crippen LogP contribution in [0, 0.1) is 0 Å². The number of hydrogen-bond acceptors (Lipinski definition) is 6. The van der Waals surface area contributed by atoms with Gasteiger partial charge in [-0.2, -0.15) is 0 Å². The minimum Gasteiger partial charge on any atom is -0.378 e. The first-order valence-corrected chi connectivity index (χ1v) is 7.95. The third-order valence-corrected chi connectivity index (χ3v) is 3.64. The average Bonchev–Trinajstić information content (AvgIpc) is 2.62. The molecule has 1 aliphatic rings. The van der Waals surface area contributed by atoms with E-state index in [9.17, 15) is 9.59 Å².